The third-order valence-electron chi connectivity index (χ3n) is 4.28. The van der Waals surface area contributed by atoms with Crippen LogP contribution >= 0.6 is 0 Å². The van der Waals surface area contributed by atoms with Crippen molar-refractivity contribution in [2.24, 2.45) is 5.92 Å². The number of morpholine rings is 1. The van der Waals surface area contributed by atoms with Gasteiger partial charge in [-0.15, -0.1) is 0 Å². The Bertz CT molecular complexity index is 363. The molecular weight excluding hydrogens is 280 g/mol. The highest BCUT2D eigenvalue weighted by atomic mass is 16.6. The molecule has 0 saturated carbocycles. The van der Waals surface area contributed by atoms with Crippen molar-refractivity contribution in [2.75, 3.05) is 32.7 Å². The molecule has 128 valence electrons. The summed E-state index contributed by atoms with van der Waals surface area (Å²) in [6.07, 6.45) is 2.62. The highest BCUT2D eigenvalue weighted by molar-refractivity contribution is 5.68. The van der Waals surface area contributed by atoms with E-state index in [1.54, 1.807) is 0 Å². The van der Waals surface area contributed by atoms with E-state index in [1.807, 2.05) is 25.7 Å². The Hall–Kier alpha value is -0.810. The summed E-state index contributed by atoms with van der Waals surface area (Å²) >= 11 is 0. The molecule has 0 aromatic heterocycles. The average Bonchev–Trinajstić information content (AvgIpc) is 2.36. The number of carbonyl (C=O) groups is 1. The van der Waals surface area contributed by atoms with Crippen LogP contribution in [0.4, 0.5) is 4.79 Å². The van der Waals surface area contributed by atoms with Gasteiger partial charge in [-0.1, -0.05) is 0 Å². The molecule has 2 saturated heterocycles. The molecular formula is C17H32N2O3. The lowest BCUT2D eigenvalue weighted by atomic mass is 9.96. The smallest absolute Gasteiger partial charge is 0.410 e. The van der Waals surface area contributed by atoms with Crippen LogP contribution in [0.1, 0.15) is 47.5 Å². The molecule has 5 nitrogen and oxygen atoms in total. The summed E-state index contributed by atoms with van der Waals surface area (Å²) in [6, 6.07) is 0. The first kappa shape index (κ1) is 17.5. The van der Waals surface area contributed by atoms with Gasteiger partial charge in [-0.3, -0.25) is 4.90 Å². The molecule has 2 aliphatic heterocycles. The SMILES string of the molecule is C[C@@H]1CN(CC2CCN(C(=O)OC(C)(C)C)CC2)C[C@H](C)O1. The lowest BCUT2D eigenvalue weighted by molar-refractivity contribution is -0.0731. The fourth-order valence-corrected chi connectivity index (χ4v) is 3.42. The van der Waals surface area contributed by atoms with Gasteiger partial charge in [0.25, 0.3) is 0 Å². The topological polar surface area (TPSA) is 42.0 Å². The van der Waals surface area contributed by atoms with E-state index in [9.17, 15) is 4.79 Å². The maximum Gasteiger partial charge on any atom is 0.410 e. The molecule has 2 atom stereocenters. The maximum absolute atomic E-state index is 12.1. The van der Waals surface area contributed by atoms with Gasteiger partial charge in [-0.25, -0.2) is 4.79 Å². The van der Waals surface area contributed by atoms with E-state index in [0.29, 0.717) is 18.1 Å². The maximum atomic E-state index is 12.1. The number of piperidine rings is 1. The predicted molar refractivity (Wildman–Crippen MR) is 87.0 cm³/mol. The van der Waals surface area contributed by atoms with Gasteiger partial charge in [0, 0.05) is 32.7 Å². The molecule has 0 aromatic carbocycles. The molecule has 0 N–H and O–H groups in total. The summed E-state index contributed by atoms with van der Waals surface area (Å²) in [5, 5.41) is 0. The van der Waals surface area contributed by atoms with Crippen LogP contribution in [0.3, 0.4) is 0 Å². The molecule has 0 aliphatic carbocycles. The molecule has 1 amide bonds. The van der Waals surface area contributed by atoms with Crippen LogP contribution in [0.15, 0.2) is 0 Å². The lowest BCUT2D eigenvalue weighted by Gasteiger charge is -2.39. The fraction of sp³-hybridized carbons (Fsp3) is 0.941. The first-order chi connectivity index (χ1) is 10.2. The summed E-state index contributed by atoms with van der Waals surface area (Å²) in [5.41, 5.74) is -0.409. The minimum absolute atomic E-state index is 0.167. The predicted octanol–water partition coefficient (Wildman–Crippen LogP) is 2.74. The van der Waals surface area contributed by atoms with Crippen LogP contribution in [0.5, 0.6) is 0 Å². The monoisotopic (exact) mass is 312 g/mol. The highest BCUT2D eigenvalue weighted by Gasteiger charge is 2.29. The lowest BCUT2D eigenvalue weighted by Crippen LogP contribution is -2.49. The van der Waals surface area contributed by atoms with Crippen LogP contribution in [0.2, 0.25) is 0 Å². The zero-order valence-electron chi connectivity index (χ0n) is 14.8. The van der Waals surface area contributed by atoms with E-state index in [-0.39, 0.29) is 6.09 Å². The second-order valence-electron chi connectivity index (χ2n) is 7.89. The molecule has 22 heavy (non-hydrogen) atoms. The molecule has 0 unspecified atom stereocenters. The van der Waals surface area contributed by atoms with Crippen molar-refractivity contribution in [3.8, 4) is 0 Å². The fourth-order valence-electron chi connectivity index (χ4n) is 3.42. The van der Waals surface area contributed by atoms with E-state index < -0.39 is 5.60 Å². The Morgan fingerprint density at radius 3 is 2.18 bits per heavy atom. The van der Waals surface area contributed by atoms with Crippen LogP contribution in [-0.4, -0.2) is 66.4 Å². The second-order valence-corrected chi connectivity index (χ2v) is 7.89. The van der Waals surface area contributed by atoms with E-state index in [2.05, 4.69) is 18.7 Å². The molecule has 0 spiro atoms. The summed E-state index contributed by atoms with van der Waals surface area (Å²) in [7, 11) is 0. The minimum atomic E-state index is -0.409. The first-order valence-electron chi connectivity index (χ1n) is 8.58. The van der Waals surface area contributed by atoms with Crippen LogP contribution in [-0.2, 0) is 9.47 Å². The zero-order chi connectivity index (χ0) is 16.3. The molecule has 2 fully saturated rings. The number of carbonyl (C=O) groups excluding carboxylic acids is 1. The summed E-state index contributed by atoms with van der Waals surface area (Å²) in [4.78, 5) is 16.4. The normalized spacial score (nSPS) is 28.7. The molecule has 2 heterocycles. The van der Waals surface area contributed by atoms with Crippen molar-refractivity contribution in [1.29, 1.82) is 0 Å². The van der Waals surface area contributed by atoms with Crippen molar-refractivity contribution in [3.05, 3.63) is 0 Å². The number of hydrogen-bond donors (Lipinski definition) is 0. The molecule has 2 aliphatic rings. The van der Waals surface area contributed by atoms with E-state index >= 15 is 0 Å². The Balaban J connectivity index is 1.74. The third kappa shape index (κ3) is 5.43. The molecule has 0 aromatic rings. The van der Waals surface area contributed by atoms with Crippen LogP contribution in [0.25, 0.3) is 0 Å². The summed E-state index contributed by atoms with van der Waals surface area (Å²) in [5.74, 6) is 0.677. The van der Waals surface area contributed by atoms with Crippen LogP contribution in [0, 0.1) is 5.92 Å². The molecule has 0 bridgehead atoms. The largest absolute Gasteiger partial charge is 0.444 e. The van der Waals surface area contributed by atoms with E-state index in [4.69, 9.17) is 9.47 Å². The van der Waals surface area contributed by atoms with E-state index in [0.717, 1.165) is 45.6 Å². The average molecular weight is 312 g/mol. The van der Waals surface area contributed by atoms with E-state index in [1.165, 1.54) is 0 Å². The third-order valence-corrected chi connectivity index (χ3v) is 4.28. The summed E-state index contributed by atoms with van der Waals surface area (Å²) in [6.45, 7) is 14.8. The Morgan fingerprint density at radius 2 is 1.68 bits per heavy atom. The van der Waals surface area contributed by atoms with Gasteiger partial charge in [-0.2, -0.15) is 0 Å². The Kier molecular flexibility index (Phi) is 5.72. The van der Waals surface area contributed by atoms with Gasteiger partial charge < -0.3 is 14.4 Å². The molecule has 2 rings (SSSR count). The van der Waals surface area contributed by atoms with Gasteiger partial charge in [0.2, 0.25) is 0 Å². The quantitative estimate of drug-likeness (QED) is 0.786. The number of nitrogens with zero attached hydrogens (tertiary/aromatic N) is 2. The molecule has 0 radical (unpaired) electrons. The van der Waals surface area contributed by atoms with Gasteiger partial charge in [0.15, 0.2) is 0 Å². The molecule has 5 heteroatoms. The number of hydrogen-bond acceptors (Lipinski definition) is 4. The van der Waals surface area contributed by atoms with Crippen LogP contribution < -0.4 is 0 Å². The summed E-state index contributed by atoms with van der Waals surface area (Å²) < 4.78 is 11.2. The van der Waals surface area contributed by atoms with Gasteiger partial charge in [0.05, 0.1) is 12.2 Å². The highest BCUT2D eigenvalue weighted by Crippen LogP contribution is 2.22. The number of amides is 1. The van der Waals surface area contributed by atoms with Crippen molar-refractivity contribution in [2.45, 2.75) is 65.3 Å². The second kappa shape index (κ2) is 7.18. The Labute approximate surface area is 134 Å². The van der Waals surface area contributed by atoms with Crippen molar-refractivity contribution < 1.29 is 14.3 Å². The van der Waals surface area contributed by atoms with Crippen molar-refractivity contribution in [1.82, 2.24) is 9.80 Å². The number of ether oxygens (including phenoxy) is 2. The Morgan fingerprint density at radius 1 is 1.14 bits per heavy atom. The first-order valence-corrected chi connectivity index (χ1v) is 8.58. The van der Waals surface area contributed by atoms with Crippen molar-refractivity contribution >= 4 is 6.09 Å². The zero-order valence-corrected chi connectivity index (χ0v) is 14.8. The van der Waals surface area contributed by atoms with Gasteiger partial charge in [0.1, 0.15) is 5.60 Å². The van der Waals surface area contributed by atoms with Gasteiger partial charge >= 0.3 is 6.09 Å². The van der Waals surface area contributed by atoms with Gasteiger partial charge in [-0.05, 0) is 53.4 Å². The minimum Gasteiger partial charge on any atom is -0.444 e. The number of rotatable bonds is 2. The standard InChI is InChI=1S/C17H32N2O3/c1-13-10-18(11-14(2)21-13)12-15-6-8-19(9-7-15)16(20)22-17(3,4)5/h13-15H,6-12H2,1-5H3/t13-,14+. The van der Waals surface area contributed by atoms with Crippen molar-refractivity contribution in [3.63, 3.8) is 0 Å². The number of likely N-dealkylation sites (tertiary alicyclic amines) is 1.